The van der Waals surface area contributed by atoms with Crippen LogP contribution in [0.15, 0.2) is 65.2 Å². The molecule has 2 aromatic rings. The Morgan fingerprint density at radius 1 is 1.20 bits per heavy atom. The summed E-state index contributed by atoms with van der Waals surface area (Å²) in [7, 11) is 1.61. The number of allylic oxidation sites excluding steroid dienone is 1. The largest absolute Gasteiger partial charge is 0.497 e. The zero-order valence-electron chi connectivity index (χ0n) is 13.9. The molecule has 126 valence electrons. The number of nitrogens with zero attached hydrogens (tertiary/aromatic N) is 1. The van der Waals surface area contributed by atoms with E-state index in [0.29, 0.717) is 16.4 Å². The summed E-state index contributed by atoms with van der Waals surface area (Å²) in [5, 5.41) is 13.2. The number of amides is 1. The summed E-state index contributed by atoms with van der Waals surface area (Å²) in [6, 6.07) is 19.8. The molecule has 4 nitrogen and oxygen atoms in total. The zero-order chi connectivity index (χ0) is 17.6. The van der Waals surface area contributed by atoms with Gasteiger partial charge < -0.3 is 10.1 Å². The number of hydrogen-bond donors (Lipinski definition) is 1. The van der Waals surface area contributed by atoms with Gasteiger partial charge in [-0.3, -0.25) is 4.79 Å². The van der Waals surface area contributed by atoms with Crippen LogP contribution in [0.3, 0.4) is 0 Å². The van der Waals surface area contributed by atoms with Crippen molar-refractivity contribution in [1.29, 1.82) is 5.26 Å². The fourth-order valence-corrected chi connectivity index (χ4v) is 3.82. The van der Waals surface area contributed by atoms with Gasteiger partial charge in [0.1, 0.15) is 5.75 Å². The number of nitriles is 1. The average Bonchev–Trinajstić information content (AvgIpc) is 2.66. The highest BCUT2D eigenvalue weighted by molar-refractivity contribution is 8.02. The molecule has 25 heavy (non-hydrogen) atoms. The van der Waals surface area contributed by atoms with Crippen LogP contribution < -0.4 is 10.1 Å². The molecule has 1 aliphatic heterocycles. The lowest BCUT2D eigenvalue weighted by Crippen LogP contribution is -2.30. The first kappa shape index (κ1) is 17.1. The van der Waals surface area contributed by atoms with Crippen LogP contribution in [0.2, 0.25) is 0 Å². The molecule has 0 fully saturated rings. The van der Waals surface area contributed by atoms with Crippen LogP contribution >= 0.6 is 11.8 Å². The lowest BCUT2D eigenvalue weighted by molar-refractivity contribution is -0.120. The maximum Gasteiger partial charge on any atom is 0.225 e. The van der Waals surface area contributed by atoms with E-state index in [-0.39, 0.29) is 18.2 Å². The van der Waals surface area contributed by atoms with Crippen LogP contribution in [0.5, 0.6) is 5.75 Å². The highest BCUT2D eigenvalue weighted by Gasteiger charge is 2.29. The molecule has 5 heteroatoms. The van der Waals surface area contributed by atoms with E-state index in [1.54, 1.807) is 7.11 Å². The van der Waals surface area contributed by atoms with Crippen molar-refractivity contribution in [1.82, 2.24) is 5.32 Å². The molecule has 1 atom stereocenters. The minimum absolute atomic E-state index is 0.0598. The van der Waals surface area contributed by atoms with Gasteiger partial charge in [-0.15, -0.1) is 11.8 Å². The molecule has 1 amide bonds. The average molecular weight is 350 g/mol. The topological polar surface area (TPSA) is 62.1 Å². The van der Waals surface area contributed by atoms with Crippen LogP contribution in [-0.4, -0.2) is 13.0 Å². The number of hydrogen-bond acceptors (Lipinski definition) is 4. The van der Waals surface area contributed by atoms with Crippen molar-refractivity contribution in [3.05, 3.63) is 76.3 Å². The van der Waals surface area contributed by atoms with Gasteiger partial charge in [0, 0.05) is 18.1 Å². The maximum absolute atomic E-state index is 12.2. The van der Waals surface area contributed by atoms with Crippen molar-refractivity contribution >= 4 is 17.7 Å². The van der Waals surface area contributed by atoms with E-state index in [1.807, 2.05) is 54.6 Å². The Labute approximate surface area is 151 Å². The Hall–Kier alpha value is -2.71. The Morgan fingerprint density at radius 3 is 2.56 bits per heavy atom. The predicted octanol–water partition coefficient (Wildman–Crippen LogP) is 3.97. The molecule has 0 spiro atoms. The first-order valence-corrected chi connectivity index (χ1v) is 8.94. The Kier molecular flexibility index (Phi) is 5.42. The lowest BCUT2D eigenvalue weighted by Gasteiger charge is -2.25. The second-order valence-corrected chi connectivity index (χ2v) is 6.69. The van der Waals surface area contributed by atoms with E-state index in [4.69, 9.17) is 4.74 Å². The van der Waals surface area contributed by atoms with Crippen LogP contribution in [0, 0.1) is 11.3 Å². The third-order valence-corrected chi connectivity index (χ3v) is 5.19. The van der Waals surface area contributed by atoms with Gasteiger partial charge in [-0.25, -0.2) is 0 Å². The van der Waals surface area contributed by atoms with Crippen molar-refractivity contribution in [2.75, 3.05) is 7.11 Å². The number of methoxy groups -OCH3 is 1. The second kappa shape index (κ2) is 7.91. The fourth-order valence-electron chi connectivity index (χ4n) is 2.78. The molecule has 1 N–H and O–H groups in total. The zero-order valence-corrected chi connectivity index (χ0v) is 14.7. The number of nitrogens with one attached hydrogen (secondary N) is 1. The highest BCUT2D eigenvalue weighted by Crippen LogP contribution is 2.37. The van der Waals surface area contributed by atoms with Gasteiger partial charge in [-0.1, -0.05) is 42.5 Å². The summed E-state index contributed by atoms with van der Waals surface area (Å²) >= 11 is 1.49. The lowest BCUT2D eigenvalue weighted by atomic mass is 9.87. The molecule has 0 radical (unpaired) electrons. The molecule has 0 saturated heterocycles. The number of rotatable bonds is 5. The van der Waals surface area contributed by atoms with Gasteiger partial charge in [0.05, 0.1) is 23.8 Å². The van der Waals surface area contributed by atoms with E-state index < -0.39 is 0 Å². The molecule has 0 aliphatic carbocycles. The summed E-state index contributed by atoms with van der Waals surface area (Å²) in [5.74, 6) is 1.18. The Balaban J connectivity index is 1.87. The number of carbonyl (C=O) groups is 1. The normalized spacial score (nSPS) is 17.0. The molecule has 0 aromatic heterocycles. The van der Waals surface area contributed by atoms with Gasteiger partial charge >= 0.3 is 0 Å². The number of carbonyl (C=O) groups excluding carboxylic acids is 1. The van der Waals surface area contributed by atoms with E-state index in [9.17, 15) is 10.1 Å². The third kappa shape index (κ3) is 4.04. The van der Waals surface area contributed by atoms with E-state index in [0.717, 1.165) is 16.9 Å². The molecule has 1 aliphatic rings. The fraction of sp³-hybridized carbons (Fsp3) is 0.200. The minimum Gasteiger partial charge on any atom is -0.497 e. The third-order valence-electron chi connectivity index (χ3n) is 4.10. The first-order chi connectivity index (χ1) is 12.2. The molecule has 3 rings (SSSR count). The van der Waals surface area contributed by atoms with Gasteiger partial charge in [0.15, 0.2) is 0 Å². The molecule has 0 bridgehead atoms. The van der Waals surface area contributed by atoms with Crippen molar-refractivity contribution < 1.29 is 9.53 Å². The smallest absolute Gasteiger partial charge is 0.225 e. The molecular formula is C20H18N2O2S. The Morgan fingerprint density at radius 2 is 1.92 bits per heavy atom. The van der Waals surface area contributed by atoms with Crippen molar-refractivity contribution in [2.24, 2.45) is 0 Å². The first-order valence-electron chi connectivity index (χ1n) is 7.96. The van der Waals surface area contributed by atoms with E-state index in [1.165, 1.54) is 11.8 Å². The maximum atomic E-state index is 12.2. The second-order valence-electron chi connectivity index (χ2n) is 5.71. The molecule has 0 saturated carbocycles. The number of benzene rings is 2. The summed E-state index contributed by atoms with van der Waals surface area (Å²) in [6.45, 7) is 0. The predicted molar refractivity (Wildman–Crippen MR) is 98.9 cm³/mol. The van der Waals surface area contributed by atoms with Crippen LogP contribution in [0.1, 0.15) is 23.5 Å². The molecule has 1 heterocycles. The van der Waals surface area contributed by atoms with Crippen LogP contribution in [0.4, 0.5) is 0 Å². The summed E-state index contributed by atoms with van der Waals surface area (Å²) in [6.07, 6.45) is 0.282. The van der Waals surface area contributed by atoms with E-state index >= 15 is 0 Å². The SMILES string of the molecule is COc1ccc(C2CC(=O)NC(SCc3ccccc3)=C2C#N)cc1. The summed E-state index contributed by atoms with van der Waals surface area (Å²) < 4.78 is 5.18. The quantitative estimate of drug-likeness (QED) is 0.886. The van der Waals surface area contributed by atoms with Gasteiger partial charge in [-0.05, 0) is 23.3 Å². The van der Waals surface area contributed by atoms with E-state index in [2.05, 4.69) is 11.4 Å². The standard InChI is InChI=1S/C20H18N2O2S/c1-24-16-9-7-15(8-10-16)17-11-19(23)22-20(18(17)12-21)25-13-14-5-3-2-4-6-14/h2-10,17H,11,13H2,1H3,(H,22,23). The van der Waals surface area contributed by atoms with Gasteiger partial charge in [0.25, 0.3) is 0 Å². The Bertz CT molecular complexity index is 823. The summed E-state index contributed by atoms with van der Waals surface area (Å²) in [5.41, 5.74) is 2.72. The summed E-state index contributed by atoms with van der Waals surface area (Å²) in [4.78, 5) is 12.2. The highest BCUT2D eigenvalue weighted by atomic mass is 32.2. The minimum atomic E-state index is -0.220. The van der Waals surface area contributed by atoms with Crippen LogP contribution in [-0.2, 0) is 10.5 Å². The van der Waals surface area contributed by atoms with Gasteiger partial charge in [0.2, 0.25) is 5.91 Å². The molecule has 1 unspecified atom stereocenters. The van der Waals surface area contributed by atoms with Crippen molar-refractivity contribution in [2.45, 2.75) is 18.1 Å². The van der Waals surface area contributed by atoms with Crippen molar-refractivity contribution in [3.8, 4) is 11.8 Å². The monoisotopic (exact) mass is 350 g/mol. The molecular weight excluding hydrogens is 332 g/mol. The number of thioether (sulfide) groups is 1. The molecule has 2 aromatic carbocycles. The van der Waals surface area contributed by atoms with Crippen LogP contribution in [0.25, 0.3) is 0 Å². The van der Waals surface area contributed by atoms with Crippen molar-refractivity contribution in [3.63, 3.8) is 0 Å². The van der Waals surface area contributed by atoms with Gasteiger partial charge in [-0.2, -0.15) is 5.26 Å². The number of ether oxygens (including phenoxy) is 1.